The van der Waals surface area contributed by atoms with Gasteiger partial charge in [0.2, 0.25) is 5.91 Å². The Kier molecular flexibility index (Phi) is 12.1. The van der Waals surface area contributed by atoms with E-state index in [9.17, 15) is 9.59 Å². The van der Waals surface area contributed by atoms with Gasteiger partial charge in [0.1, 0.15) is 0 Å². The van der Waals surface area contributed by atoms with Gasteiger partial charge in [0, 0.05) is 19.1 Å². The molecule has 1 aliphatic rings. The highest BCUT2D eigenvalue weighted by Crippen LogP contribution is 2.17. The molecule has 0 spiro atoms. The fraction of sp³-hybridized carbons (Fsp3) is 0.882. The van der Waals surface area contributed by atoms with Crippen LogP contribution in [-0.4, -0.2) is 72.1 Å². The summed E-state index contributed by atoms with van der Waals surface area (Å²) in [5, 5.41) is 11.9. The van der Waals surface area contributed by atoms with Crippen LogP contribution in [0.3, 0.4) is 0 Å². The van der Waals surface area contributed by atoms with E-state index in [0.29, 0.717) is 0 Å². The highest BCUT2D eigenvalue weighted by Gasteiger charge is 2.26. The van der Waals surface area contributed by atoms with Crippen molar-refractivity contribution in [1.29, 1.82) is 0 Å². The van der Waals surface area contributed by atoms with Gasteiger partial charge in [-0.15, -0.1) is 12.4 Å². The summed E-state index contributed by atoms with van der Waals surface area (Å²) in [6.07, 6.45) is 6.25. The number of unbranched alkanes of at least 4 members (excludes halogenated alkanes) is 2. The molecule has 1 amide bonds. The van der Waals surface area contributed by atoms with Gasteiger partial charge in [-0.1, -0.05) is 19.8 Å². The number of carbonyl (C=O) groups is 2. The number of likely N-dealkylation sites (tertiary alicyclic amines) is 1. The fourth-order valence-electron chi connectivity index (χ4n) is 3.17. The maximum absolute atomic E-state index is 12.2. The summed E-state index contributed by atoms with van der Waals surface area (Å²) in [4.78, 5) is 27.2. The van der Waals surface area contributed by atoms with Crippen molar-refractivity contribution in [2.24, 2.45) is 0 Å². The second kappa shape index (κ2) is 12.5. The minimum absolute atomic E-state index is 0. The first-order valence-corrected chi connectivity index (χ1v) is 8.89. The predicted molar refractivity (Wildman–Crippen MR) is 98.7 cm³/mol. The number of carbonyl (C=O) groups excluding carboxylic acids is 1. The quantitative estimate of drug-likeness (QED) is 0.613. The molecular formula is C17H34ClN3O3. The number of nitrogens with zero attached hydrogens (tertiary/aromatic N) is 2. The summed E-state index contributed by atoms with van der Waals surface area (Å²) in [7, 11) is 1.87. The maximum Gasteiger partial charge on any atom is 0.317 e. The zero-order valence-corrected chi connectivity index (χ0v) is 16.1. The number of hydrogen-bond donors (Lipinski definition) is 2. The summed E-state index contributed by atoms with van der Waals surface area (Å²) in [6.45, 7) is 6.71. The van der Waals surface area contributed by atoms with Crippen LogP contribution in [-0.2, 0) is 9.59 Å². The lowest BCUT2D eigenvalue weighted by atomic mass is 10.1. The largest absolute Gasteiger partial charge is 0.480 e. The van der Waals surface area contributed by atoms with Crippen LogP contribution < -0.4 is 5.32 Å². The molecule has 0 radical (unpaired) electrons. The zero-order valence-electron chi connectivity index (χ0n) is 15.3. The van der Waals surface area contributed by atoms with Crippen LogP contribution in [0.15, 0.2) is 0 Å². The summed E-state index contributed by atoms with van der Waals surface area (Å²) in [5.74, 6) is -0.674. The van der Waals surface area contributed by atoms with Crippen molar-refractivity contribution in [3.05, 3.63) is 0 Å². The Bertz CT molecular complexity index is 382. The molecule has 0 aromatic rings. The van der Waals surface area contributed by atoms with E-state index < -0.39 is 5.97 Å². The first kappa shape index (κ1) is 23.1. The van der Waals surface area contributed by atoms with E-state index in [0.717, 1.165) is 58.2 Å². The minimum Gasteiger partial charge on any atom is -0.480 e. The van der Waals surface area contributed by atoms with E-state index in [1.165, 1.54) is 0 Å². The molecular weight excluding hydrogens is 330 g/mol. The Balaban J connectivity index is 0.00000529. The Hall–Kier alpha value is -0.850. The topological polar surface area (TPSA) is 72.9 Å². The predicted octanol–water partition coefficient (Wildman–Crippen LogP) is 1.97. The fourth-order valence-corrected chi connectivity index (χ4v) is 3.17. The van der Waals surface area contributed by atoms with Gasteiger partial charge in [0.25, 0.3) is 0 Å². The van der Waals surface area contributed by atoms with Gasteiger partial charge in [-0.3, -0.25) is 19.4 Å². The standard InChI is InChI=1S/C17H33N3O3.ClH/c1-4-5-6-10-18-17(23)14(2)20-11-7-8-15(9-12-20)19(3)13-16(21)22;/h14-15H,4-13H2,1-3H3,(H,18,23)(H,21,22);1H. The third-order valence-electron chi connectivity index (χ3n) is 4.75. The van der Waals surface area contributed by atoms with E-state index in [4.69, 9.17) is 5.11 Å². The lowest BCUT2D eigenvalue weighted by molar-refractivity contribution is -0.138. The number of likely N-dealkylation sites (N-methyl/N-ethyl adjacent to an activating group) is 1. The van der Waals surface area contributed by atoms with Crippen molar-refractivity contribution >= 4 is 24.3 Å². The molecule has 7 heteroatoms. The highest BCUT2D eigenvalue weighted by molar-refractivity contribution is 5.85. The molecule has 1 saturated heterocycles. The molecule has 0 bridgehead atoms. The van der Waals surface area contributed by atoms with Crippen molar-refractivity contribution in [2.75, 3.05) is 33.2 Å². The van der Waals surface area contributed by atoms with Crippen LogP contribution >= 0.6 is 12.4 Å². The number of carboxylic acids is 1. The Morgan fingerprint density at radius 1 is 1.29 bits per heavy atom. The van der Waals surface area contributed by atoms with E-state index >= 15 is 0 Å². The van der Waals surface area contributed by atoms with Crippen LogP contribution in [0.4, 0.5) is 0 Å². The van der Waals surface area contributed by atoms with Crippen LogP contribution in [0.2, 0.25) is 0 Å². The van der Waals surface area contributed by atoms with E-state index in [-0.39, 0.29) is 36.9 Å². The minimum atomic E-state index is -0.784. The molecule has 0 aromatic heterocycles. The van der Waals surface area contributed by atoms with Crippen LogP contribution in [0.5, 0.6) is 0 Å². The van der Waals surface area contributed by atoms with Gasteiger partial charge in [-0.2, -0.15) is 0 Å². The first-order valence-electron chi connectivity index (χ1n) is 8.89. The molecule has 1 heterocycles. The van der Waals surface area contributed by atoms with E-state index in [1.807, 2.05) is 18.9 Å². The van der Waals surface area contributed by atoms with Crippen molar-refractivity contribution in [3.8, 4) is 0 Å². The third kappa shape index (κ3) is 8.31. The molecule has 0 aliphatic carbocycles. The molecule has 6 nitrogen and oxygen atoms in total. The van der Waals surface area contributed by atoms with E-state index in [2.05, 4.69) is 17.1 Å². The number of aliphatic carboxylic acids is 1. The highest BCUT2D eigenvalue weighted by atomic mass is 35.5. The number of nitrogens with one attached hydrogen (secondary N) is 1. The van der Waals surface area contributed by atoms with Crippen molar-refractivity contribution < 1.29 is 14.7 Å². The normalized spacial score (nSPS) is 20.1. The van der Waals surface area contributed by atoms with Crippen LogP contribution in [0.1, 0.15) is 52.4 Å². The average Bonchev–Trinajstić information content (AvgIpc) is 2.76. The SMILES string of the molecule is CCCCCNC(=O)C(C)N1CCCC(N(C)CC(=O)O)CC1.Cl. The van der Waals surface area contributed by atoms with Gasteiger partial charge in [-0.25, -0.2) is 0 Å². The van der Waals surface area contributed by atoms with Crippen molar-refractivity contribution in [1.82, 2.24) is 15.1 Å². The number of amides is 1. The second-order valence-corrected chi connectivity index (χ2v) is 6.60. The zero-order chi connectivity index (χ0) is 17.2. The van der Waals surface area contributed by atoms with Crippen molar-refractivity contribution in [2.45, 2.75) is 64.5 Å². The van der Waals surface area contributed by atoms with Crippen molar-refractivity contribution in [3.63, 3.8) is 0 Å². The summed E-state index contributed by atoms with van der Waals surface area (Å²) >= 11 is 0. The summed E-state index contributed by atoms with van der Waals surface area (Å²) < 4.78 is 0. The molecule has 1 fully saturated rings. The van der Waals surface area contributed by atoms with Crippen LogP contribution in [0, 0.1) is 0 Å². The van der Waals surface area contributed by atoms with E-state index in [1.54, 1.807) is 0 Å². The number of carboxylic acid groups (broad SMARTS) is 1. The second-order valence-electron chi connectivity index (χ2n) is 6.60. The van der Waals surface area contributed by atoms with Gasteiger partial charge < -0.3 is 10.4 Å². The molecule has 2 atom stereocenters. The molecule has 2 unspecified atom stereocenters. The number of rotatable bonds is 9. The monoisotopic (exact) mass is 363 g/mol. The number of halogens is 1. The molecule has 2 N–H and O–H groups in total. The van der Waals surface area contributed by atoms with Gasteiger partial charge in [0.15, 0.2) is 0 Å². The molecule has 0 aromatic carbocycles. The Morgan fingerprint density at radius 3 is 2.62 bits per heavy atom. The third-order valence-corrected chi connectivity index (χ3v) is 4.75. The molecule has 142 valence electrons. The lowest BCUT2D eigenvalue weighted by Gasteiger charge is -2.28. The van der Waals surface area contributed by atoms with Gasteiger partial charge in [-0.05, 0) is 46.2 Å². The smallest absolute Gasteiger partial charge is 0.317 e. The van der Waals surface area contributed by atoms with Crippen LogP contribution in [0.25, 0.3) is 0 Å². The summed E-state index contributed by atoms with van der Waals surface area (Å²) in [6, 6.07) is 0.177. The molecule has 1 rings (SSSR count). The van der Waals surface area contributed by atoms with Gasteiger partial charge in [0.05, 0.1) is 12.6 Å². The molecule has 0 saturated carbocycles. The summed E-state index contributed by atoms with van der Waals surface area (Å²) in [5.41, 5.74) is 0. The Morgan fingerprint density at radius 2 is 2.00 bits per heavy atom. The lowest BCUT2D eigenvalue weighted by Crippen LogP contribution is -2.46. The average molecular weight is 364 g/mol. The first-order chi connectivity index (χ1) is 11.0. The maximum atomic E-state index is 12.2. The molecule has 24 heavy (non-hydrogen) atoms. The molecule has 1 aliphatic heterocycles. The Labute approximate surface area is 152 Å². The number of hydrogen-bond acceptors (Lipinski definition) is 4. The van der Waals surface area contributed by atoms with Gasteiger partial charge >= 0.3 is 5.97 Å².